The lowest BCUT2D eigenvalue weighted by atomic mass is 10.1. The second-order valence-corrected chi connectivity index (χ2v) is 5.13. The Balaban J connectivity index is 2.34. The molecule has 0 aliphatic carbocycles. The first-order valence-corrected chi connectivity index (χ1v) is 6.67. The number of carboxylic acid groups (broad SMARTS) is 1. The Morgan fingerprint density at radius 3 is 2.79 bits per heavy atom. The summed E-state index contributed by atoms with van der Waals surface area (Å²) in [5.41, 5.74) is 1.75. The fraction of sp³-hybridized carbons (Fsp3) is 0.214. The van der Waals surface area contributed by atoms with E-state index in [1.54, 1.807) is 6.20 Å². The standard InChI is InChI=1S/C14H13BrN2O2/c1-9(8-13(18)19)14-16-7-6-12(17-14)10-4-2-3-5-11(10)15/h2-7,9H,8H2,1H3,(H,18,19). The Bertz CT molecular complexity index is 602. The van der Waals surface area contributed by atoms with E-state index < -0.39 is 5.97 Å². The van der Waals surface area contributed by atoms with Gasteiger partial charge in [0.1, 0.15) is 5.82 Å². The molecular formula is C14H13BrN2O2. The quantitative estimate of drug-likeness (QED) is 0.936. The second kappa shape index (κ2) is 5.93. The van der Waals surface area contributed by atoms with Crippen LogP contribution in [0.15, 0.2) is 41.0 Å². The Labute approximate surface area is 119 Å². The summed E-state index contributed by atoms with van der Waals surface area (Å²) < 4.78 is 0.950. The third-order valence-electron chi connectivity index (χ3n) is 2.75. The molecule has 0 spiro atoms. The summed E-state index contributed by atoms with van der Waals surface area (Å²) in [4.78, 5) is 19.3. The predicted molar refractivity (Wildman–Crippen MR) is 75.8 cm³/mol. The van der Waals surface area contributed by atoms with Crippen LogP contribution >= 0.6 is 15.9 Å². The third-order valence-corrected chi connectivity index (χ3v) is 3.44. The predicted octanol–water partition coefficient (Wildman–Crippen LogP) is 3.48. The van der Waals surface area contributed by atoms with Crippen LogP contribution in [0.4, 0.5) is 0 Å². The van der Waals surface area contributed by atoms with Crippen molar-refractivity contribution in [2.75, 3.05) is 0 Å². The van der Waals surface area contributed by atoms with Crippen LogP contribution in [-0.2, 0) is 4.79 Å². The normalized spacial score (nSPS) is 12.1. The maximum Gasteiger partial charge on any atom is 0.304 e. The lowest BCUT2D eigenvalue weighted by Gasteiger charge is -2.09. The van der Waals surface area contributed by atoms with Crippen molar-refractivity contribution < 1.29 is 9.90 Å². The molecule has 0 aliphatic heterocycles. The van der Waals surface area contributed by atoms with E-state index in [9.17, 15) is 4.79 Å². The van der Waals surface area contributed by atoms with E-state index in [0.717, 1.165) is 15.7 Å². The molecule has 1 aromatic carbocycles. The van der Waals surface area contributed by atoms with Gasteiger partial charge in [-0.05, 0) is 12.1 Å². The van der Waals surface area contributed by atoms with Crippen LogP contribution in [0.5, 0.6) is 0 Å². The van der Waals surface area contributed by atoms with Crippen LogP contribution < -0.4 is 0 Å². The number of rotatable bonds is 4. The van der Waals surface area contributed by atoms with Crippen molar-refractivity contribution in [1.82, 2.24) is 9.97 Å². The van der Waals surface area contributed by atoms with E-state index in [1.807, 2.05) is 37.3 Å². The van der Waals surface area contributed by atoms with Gasteiger partial charge >= 0.3 is 5.97 Å². The van der Waals surface area contributed by atoms with Gasteiger partial charge in [-0.15, -0.1) is 0 Å². The molecule has 98 valence electrons. The van der Waals surface area contributed by atoms with Gasteiger partial charge in [-0.25, -0.2) is 9.97 Å². The Morgan fingerprint density at radius 1 is 1.37 bits per heavy atom. The molecule has 0 fully saturated rings. The molecular weight excluding hydrogens is 308 g/mol. The lowest BCUT2D eigenvalue weighted by Crippen LogP contribution is -2.07. The molecule has 1 N–H and O–H groups in total. The highest BCUT2D eigenvalue weighted by atomic mass is 79.9. The summed E-state index contributed by atoms with van der Waals surface area (Å²) >= 11 is 3.48. The smallest absolute Gasteiger partial charge is 0.304 e. The number of aliphatic carboxylic acids is 1. The van der Waals surface area contributed by atoms with E-state index in [4.69, 9.17) is 5.11 Å². The fourth-order valence-electron chi connectivity index (χ4n) is 1.78. The Kier molecular flexibility index (Phi) is 4.27. The van der Waals surface area contributed by atoms with Gasteiger partial charge in [-0.1, -0.05) is 41.1 Å². The number of halogens is 1. The van der Waals surface area contributed by atoms with E-state index in [0.29, 0.717) is 5.82 Å². The molecule has 2 aromatic rings. The summed E-state index contributed by atoms with van der Waals surface area (Å²) in [5, 5.41) is 8.81. The summed E-state index contributed by atoms with van der Waals surface area (Å²) in [6.45, 7) is 1.81. The first kappa shape index (κ1) is 13.7. The van der Waals surface area contributed by atoms with Gasteiger partial charge in [0.15, 0.2) is 0 Å². The van der Waals surface area contributed by atoms with Gasteiger partial charge in [0, 0.05) is 22.2 Å². The number of benzene rings is 1. The molecule has 0 radical (unpaired) electrons. The number of carbonyl (C=O) groups is 1. The first-order valence-electron chi connectivity index (χ1n) is 5.87. The number of hydrogen-bond donors (Lipinski definition) is 1. The summed E-state index contributed by atoms with van der Waals surface area (Å²) in [5.74, 6) is -0.502. The van der Waals surface area contributed by atoms with Crippen molar-refractivity contribution in [3.8, 4) is 11.3 Å². The van der Waals surface area contributed by atoms with Crippen molar-refractivity contribution in [3.63, 3.8) is 0 Å². The number of aromatic nitrogens is 2. The minimum atomic E-state index is -0.845. The molecule has 4 nitrogen and oxygen atoms in total. The van der Waals surface area contributed by atoms with E-state index in [2.05, 4.69) is 25.9 Å². The van der Waals surface area contributed by atoms with Crippen LogP contribution in [0.25, 0.3) is 11.3 Å². The fourth-order valence-corrected chi connectivity index (χ4v) is 2.27. The van der Waals surface area contributed by atoms with Gasteiger partial charge in [0.2, 0.25) is 0 Å². The number of nitrogens with zero attached hydrogens (tertiary/aromatic N) is 2. The summed E-state index contributed by atoms with van der Waals surface area (Å²) in [7, 11) is 0. The van der Waals surface area contributed by atoms with Gasteiger partial charge < -0.3 is 5.11 Å². The summed E-state index contributed by atoms with van der Waals surface area (Å²) in [6.07, 6.45) is 1.69. The Hall–Kier alpha value is -1.75. The van der Waals surface area contributed by atoms with E-state index in [1.165, 1.54) is 0 Å². The summed E-state index contributed by atoms with van der Waals surface area (Å²) in [6, 6.07) is 9.58. The van der Waals surface area contributed by atoms with Crippen LogP contribution in [0, 0.1) is 0 Å². The molecule has 1 atom stereocenters. The van der Waals surface area contributed by atoms with Crippen LogP contribution in [0.2, 0.25) is 0 Å². The molecule has 1 unspecified atom stereocenters. The van der Waals surface area contributed by atoms with Gasteiger partial charge in [0.25, 0.3) is 0 Å². The number of hydrogen-bond acceptors (Lipinski definition) is 3. The maximum atomic E-state index is 10.7. The molecule has 0 saturated heterocycles. The van der Waals surface area contributed by atoms with Gasteiger partial charge in [-0.3, -0.25) is 4.79 Å². The molecule has 0 aliphatic rings. The monoisotopic (exact) mass is 320 g/mol. The first-order chi connectivity index (χ1) is 9.08. The average Bonchev–Trinajstić information content (AvgIpc) is 2.38. The van der Waals surface area contributed by atoms with Crippen molar-refractivity contribution in [2.45, 2.75) is 19.3 Å². The van der Waals surface area contributed by atoms with Crippen molar-refractivity contribution in [2.24, 2.45) is 0 Å². The van der Waals surface area contributed by atoms with Crippen LogP contribution in [-0.4, -0.2) is 21.0 Å². The van der Waals surface area contributed by atoms with E-state index in [-0.39, 0.29) is 12.3 Å². The van der Waals surface area contributed by atoms with E-state index >= 15 is 0 Å². The SMILES string of the molecule is CC(CC(=O)O)c1nccc(-c2ccccc2Br)n1. The third kappa shape index (κ3) is 3.38. The highest BCUT2D eigenvalue weighted by molar-refractivity contribution is 9.10. The molecule has 2 rings (SSSR count). The zero-order chi connectivity index (χ0) is 13.8. The van der Waals surface area contributed by atoms with Gasteiger partial charge in [-0.2, -0.15) is 0 Å². The maximum absolute atomic E-state index is 10.7. The molecule has 0 amide bonds. The molecule has 0 bridgehead atoms. The minimum Gasteiger partial charge on any atom is -0.481 e. The largest absolute Gasteiger partial charge is 0.481 e. The minimum absolute atomic E-state index is 0.0272. The molecule has 1 aromatic heterocycles. The van der Waals surface area contributed by atoms with Crippen LogP contribution in [0.3, 0.4) is 0 Å². The van der Waals surface area contributed by atoms with Gasteiger partial charge in [0.05, 0.1) is 12.1 Å². The topological polar surface area (TPSA) is 63.1 Å². The average molecular weight is 321 g/mol. The highest BCUT2D eigenvalue weighted by Crippen LogP contribution is 2.27. The van der Waals surface area contributed by atoms with Crippen LogP contribution in [0.1, 0.15) is 25.1 Å². The van der Waals surface area contributed by atoms with Crippen molar-refractivity contribution in [3.05, 3.63) is 46.8 Å². The highest BCUT2D eigenvalue weighted by Gasteiger charge is 2.14. The zero-order valence-corrected chi connectivity index (χ0v) is 12.0. The lowest BCUT2D eigenvalue weighted by molar-refractivity contribution is -0.137. The zero-order valence-electron chi connectivity index (χ0n) is 10.4. The van der Waals surface area contributed by atoms with Crippen molar-refractivity contribution in [1.29, 1.82) is 0 Å². The second-order valence-electron chi connectivity index (χ2n) is 4.28. The molecule has 5 heteroatoms. The number of carboxylic acids is 1. The molecule has 0 saturated carbocycles. The Morgan fingerprint density at radius 2 is 2.11 bits per heavy atom. The van der Waals surface area contributed by atoms with Crippen molar-refractivity contribution >= 4 is 21.9 Å². The molecule has 1 heterocycles. The molecule has 19 heavy (non-hydrogen) atoms.